The van der Waals surface area contributed by atoms with Gasteiger partial charge in [-0.3, -0.25) is 4.79 Å². The summed E-state index contributed by atoms with van der Waals surface area (Å²) in [6.07, 6.45) is 4.31. The summed E-state index contributed by atoms with van der Waals surface area (Å²) in [5, 5.41) is 35.7. The summed E-state index contributed by atoms with van der Waals surface area (Å²) in [6.45, 7) is 4.39. The first kappa shape index (κ1) is 28.9. The molecule has 13 heteroatoms. The lowest BCUT2D eigenvalue weighted by Gasteiger charge is -2.57. The van der Waals surface area contributed by atoms with Gasteiger partial charge in [0.05, 0.1) is 41.2 Å². The number of benzene rings is 1. The molecule has 3 atom stereocenters. The molecule has 1 aromatic carbocycles. The molecule has 0 aliphatic carbocycles. The summed E-state index contributed by atoms with van der Waals surface area (Å²) in [5.74, 6) is 0.349. The van der Waals surface area contributed by atoms with Crippen molar-refractivity contribution in [2.45, 2.75) is 44.0 Å². The van der Waals surface area contributed by atoms with Crippen LogP contribution in [0.15, 0.2) is 61.1 Å². The number of nitrogens with one attached hydrogen (secondary N) is 1. The van der Waals surface area contributed by atoms with Crippen LogP contribution >= 0.6 is 0 Å². The van der Waals surface area contributed by atoms with Crippen LogP contribution in [0, 0.1) is 17.1 Å². The van der Waals surface area contributed by atoms with Crippen LogP contribution in [0.1, 0.15) is 37.4 Å². The van der Waals surface area contributed by atoms with Gasteiger partial charge in [0.2, 0.25) is 0 Å². The van der Waals surface area contributed by atoms with E-state index in [1.54, 1.807) is 41.7 Å². The maximum absolute atomic E-state index is 13.5. The molecule has 3 aromatic heterocycles. The fourth-order valence-electron chi connectivity index (χ4n) is 5.84. The van der Waals surface area contributed by atoms with Gasteiger partial charge in [0.15, 0.2) is 0 Å². The number of pyridine rings is 2. The minimum absolute atomic E-state index is 0.0648. The zero-order valence-corrected chi connectivity index (χ0v) is 24.0. The molecule has 2 bridgehead atoms. The molecule has 2 unspecified atom stereocenters. The first-order valence-corrected chi connectivity index (χ1v) is 14.1. The molecular formula is C31H30FN7O5. The van der Waals surface area contributed by atoms with Crippen molar-refractivity contribution in [2.75, 3.05) is 24.6 Å². The van der Waals surface area contributed by atoms with Gasteiger partial charge in [-0.15, -0.1) is 0 Å². The Hall–Kier alpha value is -5.22. The van der Waals surface area contributed by atoms with Gasteiger partial charge in [-0.2, -0.15) is 10.4 Å². The molecule has 3 saturated heterocycles. The molecule has 0 saturated carbocycles. The smallest absolute Gasteiger partial charge is 0.405 e. The summed E-state index contributed by atoms with van der Waals surface area (Å²) in [7, 11) is 0. The maximum atomic E-state index is 13.5. The van der Waals surface area contributed by atoms with Crippen LogP contribution < -0.4 is 15.0 Å². The lowest BCUT2D eigenvalue weighted by Crippen LogP contribution is -2.71. The molecule has 3 fully saturated rings. The third-order valence-corrected chi connectivity index (χ3v) is 7.85. The summed E-state index contributed by atoms with van der Waals surface area (Å²) in [4.78, 5) is 33.5. The van der Waals surface area contributed by atoms with Gasteiger partial charge < -0.3 is 30.1 Å². The molecule has 44 heavy (non-hydrogen) atoms. The maximum Gasteiger partial charge on any atom is 0.405 e. The lowest BCUT2D eigenvalue weighted by atomic mass is 9.85. The molecule has 3 N–H and O–H groups in total. The molecular weight excluding hydrogens is 569 g/mol. The summed E-state index contributed by atoms with van der Waals surface area (Å²) < 4.78 is 20.8. The van der Waals surface area contributed by atoms with E-state index in [1.165, 1.54) is 30.5 Å². The Labute approximate surface area is 251 Å². The number of piperazine rings is 1. The number of carbonyl (C=O) groups excluding carboxylic acids is 1. The molecule has 6 heterocycles. The fourth-order valence-corrected chi connectivity index (χ4v) is 5.84. The van der Waals surface area contributed by atoms with E-state index in [-0.39, 0.29) is 24.6 Å². The first-order valence-electron chi connectivity index (χ1n) is 14.1. The second-order valence-corrected chi connectivity index (χ2v) is 11.7. The van der Waals surface area contributed by atoms with Crippen LogP contribution in [0.2, 0.25) is 0 Å². The number of aliphatic hydroxyl groups is 1. The topological polar surface area (TPSA) is 156 Å². The fraction of sp³-hybridized carbons (Fsp3) is 0.323. The van der Waals surface area contributed by atoms with Crippen molar-refractivity contribution in [1.29, 1.82) is 5.26 Å². The summed E-state index contributed by atoms with van der Waals surface area (Å²) in [5.41, 5.74) is 1.78. The van der Waals surface area contributed by atoms with E-state index in [4.69, 9.17) is 9.72 Å². The number of hydrogen-bond acceptors (Lipinski definition) is 8. The van der Waals surface area contributed by atoms with Crippen molar-refractivity contribution in [3.8, 4) is 22.9 Å². The van der Waals surface area contributed by atoms with Crippen LogP contribution in [-0.2, 0) is 4.79 Å². The number of aromatic nitrogens is 3. The average Bonchev–Trinajstić information content (AvgIpc) is 3.42. The molecule has 4 aromatic rings. The second kappa shape index (κ2) is 11.1. The molecule has 3 aliphatic rings. The number of carboxylic acid groups (broad SMARTS) is 1. The molecule has 0 spiro atoms. The minimum atomic E-state index is -1.34. The normalized spacial score (nSPS) is 18.3. The van der Waals surface area contributed by atoms with Gasteiger partial charge in [-0.1, -0.05) is 12.1 Å². The zero-order chi connectivity index (χ0) is 31.2. The van der Waals surface area contributed by atoms with Crippen LogP contribution in [-0.4, -0.2) is 79.1 Å². The number of carbonyl (C=O) groups is 2. The summed E-state index contributed by atoms with van der Waals surface area (Å²) in [6, 6.07) is 11.6. The average molecular weight is 600 g/mol. The van der Waals surface area contributed by atoms with Crippen molar-refractivity contribution in [3.63, 3.8) is 0 Å². The highest BCUT2D eigenvalue weighted by Crippen LogP contribution is 2.37. The predicted molar refractivity (Wildman–Crippen MR) is 156 cm³/mol. The van der Waals surface area contributed by atoms with Crippen molar-refractivity contribution >= 4 is 23.3 Å². The van der Waals surface area contributed by atoms with Gasteiger partial charge in [0.1, 0.15) is 36.1 Å². The van der Waals surface area contributed by atoms with Crippen LogP contribution in [0.25, 0.3) is 16.6 Å². The van der Waals surface area contributed by atoms with E-state index in [2.05, 4.69) is 21.4 Å². The number of amides is 2. The Morgan fingerprint density at radius 1 is 1.18 bits per heavy atom. The Morgan fingerprint density at radius 2 is 1.91 bits per heavy atom. The number of nitriles is 1. The van der Waals surface area contributed by atoms with E-state index in [0.29, 0.717) is 46.9 Å². The second-order valence-electron chi connectivity index (χ2n) is 11.7. The largest absolute Gasteiger partial charge is 0.489 e. The van der Waals surface area contributed by atoms with Crippen molar-refractivity contribution in [3.05, 3.63) is 78.0 Å². The predicted octanol–water partition coefficient (Wildman–Crippen LogP) is 3.36. The number of ether oxygens (including phenoxy) is 1. The number of piperidine rings is 1. The Balaban J connectivity index is 1.20. The van der Waals surface area contributed by atoms with Crippen molar-refractivity contribution in [1.82, 2.24) is 24.8 Å². The van der Waals surface area contributed by atoms with E-state index in [9.17, 15) is 29.5 Å². The zero-order valence-electron chi connectivity index (χ0n) is 24.0. The number of anilines is 1. The van der Waals surface area contributed by atoms with Gasteiger partial charge >= 0.3 is 6.09 Å². The monoisotopic (exact) mass is 599 g/mol. The Kier molecular flexibility index (Phi) is 7.30. The number of rotatable bonds is 8. The molecule has 3 aliphatic heterocycles. The van der Waals surface area contributed by atoms with Gasteiger partial charge in [0.25, 0.3) is 5.91 Å². The van der Waals surface area contributed by atoms with E-state index in [0.717, 1.165) is 12.0 Å². The van der Waals surface area contributed by atoms with E-state index >= 15 is 0 Å². The van der Waals surface area contributed by atoms with Gasteiger partial charge in [0, 0.05) is 30.4 Å². The highest BCUT2D eigenvalue weighted by atomic mass is 19.1. The minimum Gasteiger partial charge on any atom is -0.489 e. The first-order chi connectivity index (χ1) is 21.0. The Bertz CT molecular complexity index is 1750. The SMILES string of the molecule is CC(C)(O)COc1cc(-c2ccc(N3CC4CC(C3)N4C(=O)[C@H](NC(=O)O)c3ccc(F)cc3)nc2)c2c(C#N)cnn2c1. The Morgan fingerprint density at radius 3 is 2.52 bits per heavy atom. The van der Waals surface area contributed by atoms with Crippen LogP contribution in [0.4, 0.5) is 15.0 Å². The number of halogens is 1. The molecule has 12 nitrogen and oxygen atoms in total. The molecule has 226 valence electrons. The van der Waals surface area contributed by atoms with E-state index in [1.807, 2.05) is 12.1 Å². The third-order valence-electron chi connectivity index (χ3n) is 7.85. The quantitative estimate of drug-likeness (QED) is 0.276. The third kappa shape index (κ3) is 5.59. The number of hydrogen-bond donors (Lipinski definition) is 3. The molecule has 0 radical (unpaired) electrons. The van der Waals surface area contributed by atoms with Crippen molar-refractivity contribution < 1.29 is 28.9 Å². The number of nitrogens with zero attached hydrogens (tertiary/aromatic N) is 6. The highest BCUT2D eigenvalue weighted by molar-refractivity contribution is 5.88. The molecule has 2 amide bonds. The summed E-state index contributed by atoms with van der Waals surface area (Å²) >= 11 is 0. The molecule has 7 rings (SSSR count). The number of fused-ring (bicyclic) bond motifs is 3. The highest BCUT2D eigenvalue weighted by Gasteiger charge is 2.49. The van der Waals surface area contributed by atoms with Crippen LogP contribution in [0.3, 0.4) is 0 Å². The lowest BCUT2D eigenvalue weighted by molar-refractivity contribution is -0.148. The van der Waals surface area contributed by atoms with Crippen LogP contribution in [0.5, 0.6) is 5.75 Å². The van der Waals surface area contributed by atoms with E-state index < -0.39 is 23.6 Å². The standard InChI is InChI=1S/C31H30FN7O5/c1-31(2,43)17-44-24-10-25(28-20(11-33)13-35-38(28)16-24)19-5-8-26(34-12-19)37-14-22-9-23(15-37)39(22)29(40)27(36-30(41)42)18-3-6-21(32)7-4-18/h3-8,10,12-13,16,22-23,27,36,43H,9,14-15,17H2,1-2H3,(H,41,42)/t22?,23?,27-/m1/s1. The van der Waals surface area contributed by atoms with Gasteiger partial charge in [-0.05, 0) is 56.2 Å². The van der Waals surface area contributed by atoms with Crippen molar-refractivity contribution in [2.24, 2.45) is 0 Å². The van der Waals surface area contributed by atoms with Gasteiger partial charge in [-0.25, -0.2) is 18.7 Å².